The maximum atomic E-state index is 12.6. The maximum absolute atomic E-state index is 12.6. The largest absolute Gasteiger partial charge is 0.243 e. The minimum absolute atomic E-state index is 0.0849. The van der Waals surface area contributed by atoms with Crippen LogP contribution in [-0.4, -0.2) is 44.2 Å². The third kappa shape index (κ3) is 4.69. The Morgan fingerprint density at radius 2 is 1.61 bits per heavy atom. The summed E-state index contributed by atoms with van der Waals surface area (Å²) in [5.74, 6) is 0. The lowest BCUT2D eigenvalue weighted by molar-refractivity contribution is 0.478. The zero-order chi connectivity index (χ0) is 17.5. The number of hydrogen-bond donors (Lipinski definition) is 1. The summed E-state index contributed by atoms with van der Waals surface area (Å²) < 4.78 is 49.3. The molecular weight excluding hydrogens is 356 g/mol. The highest BCUT2D eigenvalue weighted by Gasteiger charge is 2.34. The number of nitrogens with zero attached hydrogens (tertiary/aromatic N) is 1. The lowest BCUT2D eigenvalue weighted by Crippen LogP contribution is -2.30. The second kappa shape index (κ2) is 6.36. The molecule has 0 aromatic heterocycles. The molecule has 1 heterocycles. The van der Waals surface area contributed by atoms with Gasteiger partial charge in [0, 0.05) is 23.1 Å². The van der Waals surface area contributed by atoms with Gasteiger partial charge in [-0.1, -0.05) is 20.8 Å². The first-order valence-corrected chi connectivity index (χ1v) is 11.1. The van der Waals surface area contributed by atoms with Crippen LogP contribution in [0.1, 0.15) is 27.2 Å². The monoisotopic (exact) mass is 378 g/mol. The highest BCUT2D eigenvalue weighted by molar-refractivity contribution is 8.01. The van der Waals surface area contributed by atoms with E-state index in [0.717, 1.165) is 6.42 Å². The van der Waals surface area contributed by atoms with Crippen molar-refractivity contribution < 1.29 is 16.8 Å². The molecule has 0 saturated carbocycles. The van der Waals surface area contributed by atoms with E-state index in [-0.39, 0.29) is 19.8 Å². The number of sulfonamides is 2. The van der Waals surface area contributed by atoms with Crippen LogP contribution in [0.2, 0.25) is 0 Å². The molecule has 0 aliphatic carbocycles. The van der Waals surface area contributed by atoms with Gasteiger partial charge in [0.2, 0.25) is 20.0 Å². The van der Waals surface area contributed by atoms with E-state index in [4.69, 9.17) is 5.14 Å². The van der Waals surface area contributed by atoms with Crippen molar-refractivity contribution in [2.45, 2.75) is 47.0 Å². The van der Waals surface area contributed by atoms with Crippen molar-refractivity contribution in [1.29, 1.82) is 0 Å². The quantitative estimate of drug-likeness (QED) is 0.859. The maximum Gasteiger partial charge on any atom is 0.243 e. The molecule has 0 bridgehead atoms. The Morgan fingerprint density at radius 3 is 2.09 bits per heavy atom. The Morgan fingerprint density at radius 1 is 1.09 bits per heavy atom. The van der Waals surface area contributed by atoms with E-state index in [1.807, 2.05) is 0 Å². The first-order chi connectivity index (χ1) is 10.4. The van der Waals surface area contributed by atoms with Crippen LogP contribution in [0.4, 0.5) is 0 Å². The Bertz CT molecular complexity index is 765. The van der Waals surface area contributed by atoms with Gasteiger partial charge < -0.3 is 0 Å². The molecule has 1 fully saturated rings. The molecule has 0 radical (unpaired) electrons. The molecule has 6 nitrogen and oxygen atoms in total. The van der Waals surface area contributed by atoms with E-state index in [9.17, 15) is 16.8 Å². The average molecular weight is 379 g/mol. The second-order valence-electron chi connectivity index (χ2n) is 6.52. The van der Waals surface area contributed by atoms with Crippen molar-refractivity contribution in [1.82, 2.24) is 4.31 Å². The summed E-state index contributed by atoms with van der Waals surface area (Å²) in [6.07, 6.45) is 0.816. The molecule has 0 amide bonds. The fourth-order valence-electron chi connectivity index (χ4n) is 2.46. The Hall–Kier alpha value is -0.610. The SMILES string of the molecule is CC(C)(C)S[C@H]1CCN(S(=O)(=O)c2ccc(S(N)(=O)=O)cc2)C1. The van der Waals surface area contributed by atoms with Gasteiger partial charge in [0.15, 0.2) is 0 Å². The summed E-state index contributed by atoms with van der Waals surface area (Å²) in [5.41, 5.74) is 0. The molecule has 1 aliphatic rings. The lowest BCUT2D eigenvalue weighted by Gasteiger charge is -2.23. The summed E-state index contributed by atoms with van der Waals surface area (Å²) in [6.45, 7) is 7.29. The van der Waals surface area contributed by atoms with E-state index in [2.05, 4.69) is 20.8 Å². The smallest absolute Gasteiger partial charge is 0.225 e. The summed E-state index contributed by atoms with van der Waals surface area (Å²) in [6, 6.07) is 5.03. The predicted octanol–water partition coefficient (Wildman–Crippen LogP) is 1.63. The molecule has 130 valence electrons. The van der Waals surface area contributed by atoms with Crippen LogP contribution in [-0.2, 0) is 20.0 Å². The Kier molecular flexibility index (Phi) is 5.18. The Labute approximate surface area is 142 Å². The number of nitrogens with two attached hydrogens (primary N) is 1. The molecule has 0 unspecified atom stereocenters. The van der Waals surface area contributed by atoms with Crippen LogP contribution in [0, 0.1) is 0 Å². The van der Waals surface area contributed by atoms with Crippen LogP contribution in [0.15, 0.2) is 34.1 Å². The van der Waals surface area contributed by atoms with Gasteiger partial charge in [-0.15, -0.1) is 0 Å². The fourth-order valence-corrected chi connectivity index (χ4v) is 6.05. The molecule has 0 spiro atoms. The summed E-state index contributed by atoms with van der Waals surface area (Å²) >= 11 is 1.78. The fraction of sp³-hybridized carbons (Fsp3) is 0.571. The van der Waals surface area contributed by atoms with E-state index in [1.165, 1.54) is 28.6 Å². The van der Waals surface area contributed by atoms with Crippen molar-refractivity contribution in [3.8, 4) is 0 Å². The average Bonchev–Trinajstić information content (AvgIpc) is 2.85. The first kappa shape index (κ1) is 18.7. The van der Waals surface area contributed by atoms with Gasteiger partial charge in [-0.2, -0.15) is 16.1 Å². The zero-order valence-electron chi connectivity index (χ0n) is 13.4. The molecule has 1 aliphatic heterocycles. The van der Waals surface area contributed by atoms with Gasteiger partial charge in [-0.3, -0.25) is 0 Å². The minimum atomic E-state index is -3.82. The van der Waals surface area contributed by atoms with Gasteiger partial charge in [-0.05, 0) is 30.7 Å². The molecule has 2 rings (SSSR count). The normalized spacial score (nSPS) is 20.8. The first-order valence-electron chi connectivity index (χ1n) is 7.20. The van der Waals surface area contributed by atoms with Crippen molar-refractivity contribution in [3.63, 3.8) is 0 Å². The minimum Gasteiger partial charge on any atom is -0.225 e. The summed E-state index contributed by atoms with van der Waals surface area (Å²) in [4.78, 5) is -0.00894. The lowest BCUT2D eigenvalue weighted by atomic mass is 10.3. The third-order valence-electron chi connectivity index (χ3n) is 3.42. The highest BCUT2D eigenvalue weighted by Crippen LogP contribution is 2.35. The van der Waals surface area contributed by atoms with Gasteiger partial charge in [-0.25, -0.2) is 22.0 Å². The second-order valence-corrected chi connectivity index (χ2v) is 12.1. The van der Waals surface area contributed by atoms with Crippen molar-refractivity contribution in [2.75, 3.05) is 13.1 Å². The van der Waals surface area contributed by atoms with Crippen LogP contribution < -0.4 is 5.14 Å². The zero-order valence-corrected chi connectivity index (χ0v) is 15.8. The number of benzene rings is 1. The number of rotatable bonds is 4. The summed E-state index contributed by atoms with van der Waals surface area (Å²) in [7, 11) is -7.43. The molecule has 2 N–H and O–H groups in total. The van der Waals surface area contributed by atoms with Gasteiger partial charge in [0.1, 0.15) is 0 Å². The van der Waals surface area contributed by atoms with Crippen LogP contribution >= 0.6 is 11.8 Å². The van der Waals surface area contributed by atoms with Crippen molar-refractivity contribution >= 4 is 31.8 Å². The van der Waals surface area contributed by atoms with E-state index in [1.54, 1.807) is 11.8 Å². The topological polar surface area (TPSA) is 97.5 Å². The third-order valence-corrected chi connectivity index (χ3v) is 7.65. The summed E-state index contributed by atoms with van der Waals surface area (Å²) in [5, 5.41) is 5.30. The number of primary sulfonamides is 1. The number of hydrogen-bond acceptors (Lipinski definition) is 5. The Balaban J connectivity index is 2.17. The predicted molar refractivity (Wildman–Crippen MR) is 92.3 cm³/mol. The molecule has 1 aromatic carbocycles. The number of thioether (sulfide) groups is 1. The van der Waals surface area contributed by atoms with Crippen molar-refractivity contribution in [2.24, 2.45) is 5.14 Å². The highest BCUT2D eigenvalue weighted by atomic mass is 32.2. The van der Waals surface area contributed by atoms with E-state index < -0.39 is 20.0 Å². The molecule has 23 heavy (non-hydrogen) atoms. The van der Waals surface area contributed by atoms with Gasteiger partial charge in [0.05, 0.1) is 9.79 Å². The molecule has 1 atom stereocenters. The standard InChI is InChI=1S/C14H22N2O4S3/c1-14(2,3)21-11-8-9-16(10-11)23(19,20)13-6-4-12(5-7-13)22(15,17)18/h4-7,11H,8-10H2,1-3H3,(H2,15,17,18)/t11-/m0/s1. The molecule has 1 aromatic rings. The van der Waals surface area contributed by atoms with Crippen LogP contribution in [0.25, 0.3) is 0 Å². The molecular formula is C14H22N2O4S3. The van der Waals surface area contributed by atoms with Crippen LogP contribution in [0.3, 0.4) is 0 Å². The van der Waals surface area contributed by atoms with E-state index in [0.29, 0.717) is 13.1 Å². The molecule has 9 heteroatoms. The molecule has 1 saturated heterocycles. The van der Waals surface area contributed by atoms with Gasteiger partial charge >= 0.3 is 0 Å². The van der Waals surface area contributed by atoms with Crippen molar-refractivity contribution in [3.05, 3.63) is 24.3 Å². The van der Waals surface area contributed by atoms with Gasteiger partial charge in [0.25, 0.3) is 0 Å². The van der Waals surface area contributed by atoms with Crippen LogP contribution in [0.5, 0.6) is 0 Å². The van der Waals surface area contributed by atoms with E-state index >= 15 is 0 Å².